The molecule has 0 radical (unpaired) electrons. The third-order valence-electron chi connectivity index (χ3n) is 3.55. The first-order valence-electron chi connectivity index (χ1n) is 11.5. The molecule has 1 aliphatic heterocycles. The average Bonchev–Trinajstić information content (AvgIpc) is 3.01. The Bertz CT molecular complexity index is 683. The number of amides is 3. The monoisotopic (exact) mass is 470 g/mol. The summed E-state index contributed by atoms with van der Waals surface area (Å²) in [6.45, 7) is 18.2. The second-order valence-corrected chi connectivity index (χ2v) is 8.69. The van der Waals surface area contributed by atoms with E-state index in [-0.39, 0.29) is 25.8 Å². The number of rotatable bonds is 8. The van der Waals surface area contributed by atoms with E-state index in [1.54, 1.807) is 41.5 Å². The van der Waals surface area contributed by atoms with E-state index in [0.29, 0.717) is 0 Å². The molecule has 0 aliphatic carbocycles. The highest BCUT2D eigenvalue weighted by atomic mass is 16.6. The van der Waals surface area contributed by atoms with Crippen molar-refractivity contribution in [2.24, 2.45) is 0 Å². The largest absolute Gasteiger partial charge is 0.460 e. The smallest absolute Gasteiger partial charge is 0.329 e. The summed E-state index contributed by atoms with van der Waals surface area (Å²) in [5.41, 5.74) is -1.43. The van der Waals surface area contributed by atoms with Gasteiger partial charge in [0.05, 0.1) is 0 Å². The quantitative estimate of drug-likeness (QED) is 0.427. The van der Waals surface area contributed by atoms with Crippen LogP contribution in [0.4, 0.5) is 0 Å². The molecule has 0 bridgehead atoms. The van der Waals surface area contributed by atoms with Crippen molar-refractivity contribution in [3.63, 3.8) is 0 Å². The predicted octanol–water partition coefficient (Wildman–Crippen LogP) is 3.30. The van der Waals surface area contributed by atoms with Gasteiger partial charge in [-0.1, -0.05) is 27.7 Å². The second kappa shape index (κ2) is 15.2. The lowest BCUT2D eigenvalue weighted by molar-refractivity contribution is -0.160. The number of esters is 2. The summed E-state index contributed by atoms with van der Waals surface area (Å²) in [4.78, 5) is 60.7. The van der Waals surface area contributed by atoms with Gasteiger partial charge in [-0.05, 0) is 48.0 Å². The van der Waals surface area contributed by atoms with Gasteiger partial charge >= 0.3 is 11.9 Å². The van der Waals surface area contributed by atoms with E-state index in [1.807, 2.05) is 27.7 Å². The van der Waals surface area contributed by atoms with Crippen LogP contribution in [0.1, 0.15) is 88.5 Å². The molecule has 0 aromatic carbocycles. The van der Waals surface area contributed by atoms with Gasteiger partial charge in [-0.25, -0.2) is 4.79 Å². The van der Waals surface area contributed by atoms with E-state index < -0.39 is 46.9 Å². The van der Waals surface area contributed by atoms with E-state index >= 15 is 0 Å². The number of hydrogen-bond acceptors (Lipinski definition) is 7. The third-order valence-corrected chi connectivity index (χ3v) is 3.55. The van der Waals surface area contributed by atoms with E-state index in [1.165, 1.54) is 0 Å². The number of imide groups is 1. The lowest BCUT2D eigenvalue weighted by atomic mass is 10.1. The van der Waals surface area contributed by atoms with Gasteiger partial charge in [0, 0.05) is 31.5 Å². The molecule has 3 amide bonds. The lowest BCUT2D eigenvalue weighted by Gasteiger charge is -2.25. The van der Waals surface area contributed by atoms with Crippen LogP contribution in [0.3, 0.4) is 0 Å². The van der Waals surface area contributed by atoms with Gasteiger partial charge in [0.15, 0.2) is 0 Å². The number of nitrogens with one attached hydrogen (secondary N) is 1. The number of hydrogen-bond donors (Lipinski definition) is 1. The van der Waals surface area contributed by atoms with Crippen molar-refractivity contribution in [1.82, 2.24) is 10.2 Å². The molecule has 33 heavy (non-hydrogen) atoms. The minimum atomic E-state index is -1.06. The average molecular weight is 471 g/mol. The van der Waals surface area contributed by atoms with Gasteiger partial charge in [-0.15, -0.1) is 0 Å². The first-order chi connectivity index (χ1) is 15.2. The summed E-state index contributed by atoms with van der Waals surface area (Å²) < 4.78 is 10.5. The minimum Gasteiger partial charge on any atom is -0.460 e. The summed E-state index contributed by atoms with van der Waals surface area (Å²) in [7, 11) is 0. The first-order valence-corrected chi connectivity index (χ1v) is 11.5. The molecular weight excluding hydrogens is 428 g/mol. The Kier molecular flexibility index (Phi) is 14.9. The van der Waals surface area contributed by atoms with Crippen LogP contribution in [-0.4, -0.2) is 58.3 Å². The second-order valence-electron chi connectivity index (χ2n) is 8.69. The van der Waals surface area contributed by atoms with Crippen LogP contribution in [-0.2, 0) is 33.4 Å². The number of carbonyl (C=O) groups excluding carboxylic acids is 5. The maximum absolute atomic E-state index is 12.4. The van der Waals surface area contributed by atoms with Gasteiger partial charge in [-0.3, -0.25) is 24.1 Å². The zero-order chi connectivity index (χ0) is 26.4. The minimum absolute atomic E-state index is 0.00129. The molecule has 0 saturated carbocycles. The fourth-order valence-corrected chi connectivity index (χ4v) is 2.41. The van der Waals surface area contributed by atoms with Gasteiger partial charge in [0.1, 0.15) is 17.2 Å². The Morgan fingerprint density at radius 3 is 1.73 bits per heavy atom. The Balaban J connectivity index is 0. The molecule has 1 heterocycles. The summed E-state index contributed by atoms with van der Waals surface area (Å²) in [6.07, 6.45) is 1.99. The van der Waals surface area contributed by atoms with Crippen molar-refractivity contribution < 1.29 is 33.4 Å². The first kappa shape index (κ1) is 32.5. The third kappa shape index (κ3) is 14.9. The van der Waals surface area contributed by atoms with E-state index in [2.05, 4.69) is 5.32 Å². The van der Waals surface area contributed by atoms with Crippen LogP contribution in [0.15, 0.2) is 12.2 Å². The molecule has 9 heteroatoms. The highest BCUT2D eigenvalue weighted by Crippen LogP contribution is 2.14. The van der Waals surface area contributed by atoms with Crippen LogP contribution < -0.4 is 5.32 Å². The molecule has 0 aromatic heterocycles. The van der Waals surface area contributed by atoms with E-state index in [9.17, 15) is 24.0 Å². The van der Waals surface area contributed by atoms with Crippen molar-refractivity contribution in [3.8, 4) is 0 Å². The number of ether oxygens (including phenoxy) is 2. The normalized spacial score (nSPS) is 13.8. The highest BCUT2D eigenvalue weighted by Gasteiger charge is 2.29. The molecule has 190 valence electrons. The Morgan fingerprint density at radius 1 is 0.848 bits per heavy atom. The van der Waals surface area contributed by atoms with Gasteiger partial charge in [0.25, 0.3) is 11.8 Å². The molecular formula is C24H42N2O7. The van der Waals surface area contributed by atoms with Crippen molar-refractivity contribution >= 4 is 29.7 Å². The number of nitrogens with zero attached hydrogens (tertiary/aromatic N) is 1. The summed E-state index contributed by atoms with van der Waals surface area (Å²) in [5, 5.41) is 2.52. The fourth-order valence-electron chi connectivity index (χ4n) is 2.41. The Labute approximate surface area is 198 Å². The van der Waals surface area contributed by atoms with Crippen molar-refractivity contribution in [3.05, 3.63) is 12.2 Å². The Morgan fingerprint density at radius 2 is 1.30 bits per heavy atom. The van der Waals surface area contributed by atoms with E-state index in [4.69, 9.17) is 9.47 Å². The van der Waals surface area contributed by atoms with Crippen molar-refractivity contribution in [1.29, 1.82) is 0 Å². The van der Waals surface area contributed by atoms with E-state index in [0.717, 1.165) is 17.1 Å². The van der Waals surface area contributed by atoms with Crippen LogP contribution in [0.5, 0.6) is 0 Å². The molecule has 1 aliphatic rings. The van der Waals surface area contributed by atoms with Crippen LogP contribution in [0, 0.1) is 0 Å². The zero-order valence-electron chi connectivity index (χ0n) is 21.9. The molecule has 0 aromatic rings. The van der Waals surface area contributed by atoms with Gasteiger partial charge in [-0.2, -0.15) is 0 Å². The summed E-state index contributed by atoms with van der Waals surface area (Å²) in [6, 6.07) is -1.06. The highest BCUT2D eigenvalue weighted by molar-refractivity contribution is 6.13. The van der Waals surface area contributed by atoms with Crippen LogP contribution >= 0.6 is 0 Å². The molecule has 1 N–H and O–H groups in total. The number of carbonyl (C=O) groups is 5. The summed E-state index contributed by atoms with van der Waals surface area (Å²) >= 11 is 0. The maximum atomic E-state index is 12.4. The molecule has 1 rings (SSSR count). The molecule has 0 spiro atoms. The maximum Gasteiger partial charge on any atom is 0.329 e. The van der Waals surface area contributed by atoms with Gasteiger partial charge in [0.2, 0.25) is 5.91 Å². The fraction of sp³-hybridized carbons (Fsp3) is 0.708. The topological polar surface area (TPSA) is 119 Å². The van der Waals surface area contributed by atoms with Crippen LogP contribution in [0.2, 0.25) is 0 Å². The van der Waals surface area contributed by atoms with Crippen LogP contribution in [0.25, 0.3) is 0 Å². The molecule has 1 atom stereocenters. The SMILES string of the molecule is CC.CC.CC(C)(C)OC(=O)CCC(NC(=O)CCN1C(=O)C=CC1=O)C(=O)OC(C)(C)C. The molecule has 1 unspecified atom stereocenters. The van der Waals surface area contributed by atoms with Crippen molar-refractivity contribution in [2.75, 3.05) is 6.54 Å². The summed E-state index contributed by atoms with van der Waals surface area (Å²) in [5.74, 6) is -2.70. The standard InChI is InChI=1S/C20H30N2O7.2C2H6/c1-19(2,3)28-17(26)10-7-13(18(27)29-20(4,5)6)21-14(23)11-12-22-15(24)8-9-16(22)25;2*1-2/h8-9,13H,7,10-12H2,1-6H3,(H,21,23);2*1-2H3. The molecule has 0 fully saturated rings. The van der Waals surface area contributed by atoms with Gasteiger partial charge < -0.3 is 14.8 Å². The molecule has 9 nitrogen and oxygen atoms in total. The predicted molar refractivity (Wildman–Crippen MR) is 126 cm³/mol. The zero-order valence-corrected chi connectivity index (χ0v) is 21.9. The molecule has 0 saturated heterocycles. The lowest BCUT2D eigenvalue weighted by Crippen LogP contribution is -2.45. The Hall–Kier alpha value is -2.71. The van der Waals surface area contributed by atoms with Crippen molar-refractivity contribution in [2.45, 2.75) is 106 Å².